The van der Waals surface area contributed by atoms with E-state index < -0.39 is 18.1 Å². The lowest BCUT2D eigenvalue weighted by atomic mass is 9.88. The van der Waals surface area contributed by atoms with Crippen LogP contribution in [0.4, 0.5) is 0 Å². The molecule has 0 saturated carbocycles. The van der Waals surface area contributed by atoms with Crippen molar-refractivity contribution in [3.63, 3.8) is 0 Å². The van der Waals surface area contributed by atoms with Crippen LogP contribution in [0.2, 0.25) is 0 Å². The lowest BCUT2D eigenvalue weighted by molar-refractivity contribution is -0.150. The first-order chi connectivity index (χ1) is 8.56. The predicted molar refractivity (Wildman–Crippen MR) is 61.8 cm³/mol. The molecular formula is C12H18N2O4. The average molecular weight is 254 g/mol. The van der Waals surface area contributed by atoms with Crippen LogP contribution in [0.25, 0.3) is 0 Å². The van der Waals surface area contributed by atoms with Crippen molar-refractivity contribution in [1.82, 2.24) is 10.2 Å². The van der Waals surface area contributed by atoms with Crippen molar-refractivity contribution in [3.05, 3.63) is 0 Å². The molecule has 0 spiro atoms. The van der Waals surface area contributed by atoms with Gasteiger partial charge in [-0.05, 0) is 19.3 Å². The van der Waals surface area contributed by atoms with E-state index in [9.17, 15) is 14.7 Å². The largest absolute Gasteiger partial charge is 0.480 e. The van der Waals surface area contributed by atoms with Crippen LogP contribution < -0.4 is 5.32 Å². The Morgan fingerprint density at radius 1 is 1.22 bits per heavy atom. The lowest BCUT2D eigenvalue weighted by Gasteiger charge is -2.28. The molecule has 0 aromatic heterocycles. The third-order valence-corrected chi connectivity index (χ3v) is 4.46. The van der Waals surface area contributed by atoms with Crippen molar-refractivity contribution in [2.24, 2.45) is 5.92 Å². The Morgan fingerprint density at radius 3 is 2.56 bits per heavy atom. The molecule has 3 unspecified atom stereocenters. The highest BCUT2D eigenvalue weighted by atomic mass is 16.4. The first-order valence-corrected chi connectivity index (χ1v) is 6.53. The number of amides is 1. The van der Waals surface area contributed by atoms with Gasteiger partial charge in [0.2, 0.25) is 5.91 Å². The summed E-state index contributed by atoms with van der Waals surface area (Å²) in [4.78, 5) is 24.9. The molecule has 3 rings (SSSR count). The molecule has 5 atom stereocenters. The van der Waals surface area contributed by atoms with Crippen molar-refractivity contribution >= 4 is 11.9 Å². The number of rotatable bonds is 2. The van der Waals surface area contributed by atoms with E-state index in [1.54, 1.807) is 0 Å². The molecule has 3 N–H and O–H groups in total. The number of carboxylic acid groups (broad SMARTS) is 1. The van der Waals surface area contributed by atoms with Crippen molar-refractivity contribution in [2.75, 3.05) is 6.54 Å². The Bertz CT molecular complexity index is 386. The Balaban J connectivity index is 1.73. The first-order valence-electron chi connectivity index (χ1n) is 6.53. The highest BCUT2D eigenvalue weighted by Gasteiger charge is 2.48. The fourth-order valence-corrected chi connectivity index (χ4v) is 3.60. The van der Waals surface area contributed by atoms with Gasteiger partial charge in [-0.2, -0.15) is 0 Å². The monoisotopic (exact) mass is 254 g/mol. The number of nitrogens with zero attached hydrogens (tertiary/aromatic N) is 1. The second-order valence-corrected chi connectivity index (χ2v) is 5.62. The quantitative estimate of drug-likeness (QED) is 0.598. The molecule has 3 heterocycles. The van der Waals surface area contributed by atoms with Gasteiger partial charge in [-0.25, -0.2) is 4.79 Å². The number of likely N-dealkylation sites (tertiary alicyclic amines) is 1. The molecule has 0 aromatic carbocycles. The number of fused-ring (bicyclic) bond motifs is 2. The number of aliphatic carboxylic acids is 1. The van der Waals surface area contributed by atoms with E-state index >= 15 is 0 Å². The third kappa shape index (κ3) is 1.80. The molecular weight excluding hydrogens is 236 g/mol. The summed E-state index contributed by atoms with van der Waals surface area (Å²) in [5.74, 6) is -1.22. The fraction of sp³-hybridized carbons (Fsp3) is 0.833. The Hall–Kier alpha value is -1.14. The van der Waals surface area contributed by atoms with Crippen LogP contribution >= 0.6 is 0 Å². The molecule has 0 radical (unpaired) electrons. The third-order valence-electron chi connectivity index (χ3n) is 4.46. The van der Waals surface area contributed by atoms with Gasteiger partial charge in [-0.15, -0.1) is 0 Å². The van der Waals surface area contributed by atoms with Gasteiger partial charge < -0.3 is 20.4 Å². The van der Waals surface area contributed by atoms with E-state index in [0.717, 1.165) is 19.3 Å². The minimum Gasteiger partial charge on any atom is -0.480 e. The molecule has 3 saturated heterocycles. The SMILES string of the molecule is O=C(O)[C@H]1C[C@@H](O)CN1C(=O)C1CC2CCC1N2. The topological polar surface area (TPSA) is 89.9 Å². The van der Waals surface area contributed by atoms with E-state index in [1.807, 2.05) is 0 Å². The summed E-state index contributed by atoms with van der Waals surface area (Å²) in [6.07, 6.45) is 2.36. The summed E-state index contributed by atoms with van der Waals surface area (Å²) in [6.45, 7) is 0.156. The molecule has 6 heteroatoms. The van der Waals surface area contributed by atoms with E-state index in [-0.39, 0.29) is 30.8 Å². The number of carbonyl (C=O) groups excluding carboxylic acids is 1. The van der Waals surface area contributed by atoms with Crippen LogP contribution in [-0.2, 0) is 9.59 Å². The second-order valence-electron chi connectivity index (χ2n) is 5.62. The normalized spacial score (nSPS) is 42.5. The average Bonchev–Trinajstić information content (AvgIpc) is 3.01. The molecule has 3 aliphatic rings. The lowest BCUT2D eigenvalue weighted by Crippen LogP contribution is -2.46. The van der Waals surface area contributed by atoms with Gasteiger partial charge >= 0.3 is 5.97 Å². The minimum atomic E-state index is -1.02. The number of β-amino-alcohol motifs (C(OH)–C–C–N with tert-alkyl or cyclic N) is 1. The standard InChI is InChI=1S/C12H18N2O4/c15-7-4-10(12(17)18)14(5-7)11(16)8-3-6-1-2-9(8)13-6/h6-10,13,15H,1-5H2,(H,17,18)/t6?,7-,8?,9?,10-/m1/s1. The molecule has 3 fully saturated rings. The Kier molecular flexibility index (Phi) is 2.79. The highest BCUT2D eigenvalue weighted by Crippen LogP contribution is 2.35. The van der Waals surface area contributed by atoms with E-state index in [2.05, 4.69) is 5.32 Å². The van der Waals surface area contributed by atoms with Crippen molar-refractivity contribution in [3.8, 4) is 0 Å². The van der Waals surface area contributed by atoms with Gasteiger partial charge in [0.25, 0.3) is 0 Å². The van der Waals surface area contributed by atoms with Crippen LogP contribution in [0, 0.1) is 5.92 Å². The second kappa shape index (κ2) is 4.20. The molecule has 1 amide bonds. The molecule has 100 valence electrons. The first kappa shape index (κ1) is 11.9. The van der Waals surface area contributed by atoms with E-state index in [0.29, 0.717) is 6.04 Å². The maximum atomic E-state index is 12.4. The summed E-state index contributed by atoms with van der Waals surface area (Å²) < 4.78 is 0. The minimum absolute atomic E-state index is 0.0985. The molecule has 3 aliphatic heterocycles. The van der Waals surface area contributed by atoms with Crippen LogP contribution in [-0.4, -0.2) is 57.8 Å². The Labute approximate surface area is 105 Å². The Morgan fingerprint density at radius 2 is 2.00 bits per heavy atom. The van der Waals surface area contributed by atoms with E-state index in [1.165, 1.54) is 4.90 Å². The molecule has 18 heavy (non-hydrogen) atoms. The zero-order valence-electron chi connectivity index (χ0n) is 10.1. The summed E-state index contributed by atoms with van der Waals surface area (Å²) in [5.41, 5.74) is 0. The summed E-state index contributed by atoms with van der Waals surface area (Å²) >= 11 is 0. The number of aliphatic hydroxyl groups excluding tert-OH is 1. The van der Waals surface area contributed by atoms with Crippen LogP contribution in [0.5, 0.6) is 0 Å². The predicted octanol–water partition coefficient (Wildman–Crippen LogP) is -0.827. The molecule has 0 aliphatic carbocycles. The van der Waals surface area contributed by atoms with Crippen LogP contribution in [0.3, 0.4) is 0 Å². The number of carboxylic acids is 1. The van der Waals surface area contributed by atoms with Gasteiger partial charge in [0, 0.05) is 25.0 Å². The molecule has 6 nitrogen and oxygen atoms in total. The highest BCUT2D eigenvalue weighted by molar-refractivity contribution is 5.86. The fourth-order valence-electron chi connectivity index (χ4n) is 3.60. The van der Waals surface area contributed by atoms with Gasteiger partial charge in [0.05, 0.1) is 12.0 Å². The van der Waals surface area contributed by atoms with E-state index in [4.69, 9.17) is 5.11 Å². The number of aliphatic hydroxyl groups is 1. The zero-order chi connectivity index (χ0) is 12.9. The summed E-state index contributed by atoms with van der Waals surface area (Å²) in [6, 6.07) is -0.235. The smallest absolute Gasteiger partial charge is 0.326 e. The zero-order valence-corrected chi connectivity index (χ0v) is 10.1. The van der Waals surface area contributed by atoms with Crippen LogP contribution in [0.1, 0.15) is 25.7 Å². The number of carbonyl (C=O) groups is 2. The van der Waals surface area contributed by atoms with Crippen molar-refractivity contribution in [2.45, 2.75) is 49.9 Å². The number of hydrogen-bond acceptors (Lipinski definition) is 4. The maximum Gasteiger partial charge on any atom is 0.326 e. The van der Waals surface area contributed by atoms with Crippen molar-refractivity contribution < 1.29 is 19.8 Å². The summed E-state index contributed by atoms with van der Waals surface area (Å²) in [5, 5.41) is 22.1. The van der Waals surface area contributed by atoms with Crippen LogP contribution in [0.15, 0.2) is 0 Å². The number of nitrogens with one attached hydrogen (secondary N) is 1. The summed E-state index contributed by atoms with van der Waals surface area (Å²) in [7, 11) is 0. The van der Waals surface area contributed by atoms with Gasteiger partial charge in [0.1, 0.15) is 6.04 Å². The molecule has 2 bridgehead atoms. The number of hydrogen-bond donors (Lipinski definition) is 3. The molecule has 0 aromatic rings. The van der Waals surface area contributed by atoms with Gasteiger partial charge in [0.15, 0.2) is 0 Å². The van der Waals surface area contributed by atoms with Crippen molar-refractivity contribution in [1.29, 1.82) is 0 Å². The maximum absolute atomic E-state index is 12.4. The van der Waals surface area contributed by atoms with Gasteiger partial charge in [-0.1, -0.05) is 0 Å². The van der Waals surface area contributed by atoms with Gasteiger partial charge in [-0.3, -0.25) is 4.79 Å².